The van der Waals surface area contributed by atoms with Crippen molar-refractivity contribution in [2.24, 2.45) is 0 Å². The Kier molecular flexibility index (Phi) is 5.08. The van der Waals surface area contributed by atoms with Crippen LogP contribution in [0.4, 0.5) is 17.1 Å². The molecular formula is C19H19ClN6O3. The number of piperazine rings is 1. The molecule has 4 rings (SSSR count). The van der Waals surface area contributed by atoms with Gasteiger partial charge in [-0.2, -0.15) is 5.10 Å². The highest BCUT2D eigenvalue weighted by Crippen LogP contribution is 2.31. The van der Waals surface area contributed by atoms with E-state index in [0.717, 1.165) is 31.9 Å². The molecule has 1 aromatic heterocycles. The molecule has 2 aromatic carbocycles. The summed E-state index contributed by atoms with van der Waals surface area (Å²) in [6.07, 6.45) is 0. The summed E-state index contributed by atoms with van der Waals surface area (Å²) in [6, 6.07) is 9.61. The van der Waals surface area contributed by atoms with Crippen LogP contribution in [0.2, 0.25) is 5.02 Å². The van der Waals surface area contributed by atoms with Crippen LogP contribution in [0.15, 0.2) is 36.4 Å². The third-order valence-electron chi connectivity index (χ3n) is 5.02. The van der Waals surface area contributed by atoms with Gasteiger partial charge in [0.15, 0.2) is 5.69 Å². The number of aromatic nitrogens is 2. The van der Waals surface area contributed by atoms with Crippen molar-refractivity contribution in [2.75, 3.05) is 43.4 Å². The fraction of sp³-hybridized carbons (Fsp3) is 0.263. The van der Waals surface area contributed by atoms with Crippen molar-refractivity contribution in [3.05, 3.63) is 57.2 Å². The van der Waals surface area contributed by atoms with Gasteiger partial charge < -0.3 is 15.1 Å². The van der Waals surface area contributed by atoms with Crippen LogP contribution in [0.3, 0.4) is 0 Å². The van der Waals surface area contributed by atoms with Gasteiger partial charge in [0.1, 0.15) is 0 Å². The lowest BCUT2D eigenvalue weighted by molar-refractivity contribution is -0.384. The molecule has 1 saturated heterocycles. The number of rotatable bonds is 4. The topological polar surface area (TPSA) is 107 Å². The molecule has 1 fully saturated rings. The van der Waals surface area contributed by atoms with Crippen molar-refractivity contribution in [3.8, 4) is 0 Å². The van der Waals surface area contributed by atoms with E-state index < -0.39 is 10.8 Å². The number of nitro groups is 1. The van der Waals surface area contributed by atoms with E-state index in [9.17, 15) is 14.9 Å². The highest BCUT2D eigenvalue weighted by atomic mass is 35.5. The van der Waals surface area contributed by atoms with Gasteiger partial charge >= 0.3 is 0 Å². The van der Waals surface area contributed by atoms with Crippen LogP contribution in [-0.2, 0) is 0 Å². The lowest BCUT2D eigenvalue weighted by Gasteiger charge is -2.35. The molecule has 0 radical (unpaired) electrons. The van der Waals surface area contributed by atoms with E-state index in [0.29, 0.717) is 21.6 Å². The maximum absolute atomic E-state index is 12.9. The smallest absolute Gasteiger partial charge is 0.276 e. The Hall–Kier alpha value is -3.17. The Balaban J connectivity index is 1.65. The van der Waals surface area contributed by atoms with Crippen LogP contribution in [0.1, 0.15) is 10.5 Å². The number of aromatic amines is 1. The van der Waals surface area contributed by atoms with Crippen LogP contribution >= 0.6 is 11.6 Å². The first-order chi connectivity index (χ1) is 13.9. The molecule has 1 aliphatic heterocycles. The number of benzene rings is 2. The second-order valence-corrected chi connectivity index (χ2v) is 7.40. The average molecular weight is 415 g/mol. The van der Waals surface area contributed by atoms with E-state index in [1.54, 1.807) is 12.1 Å². The first kappa shape index (κ1) is 19.2. The molecule has 9 nitrogen and oxygen atoms in total. The molecular weight excluding hydrogens is 396 g/mol. The molecule has 2 N–H and O–H groups in total. The molecule has 0 aliphatic carbocycles. The van der Waals surface area contributed by atoms with Gasteiger partial charge in [0, 0.05) is 48.7 Å². The lowest BCUT2D eigenvalue weighted by Crippen LogP contribution is -2.44. The van der Waals surface area contributed by atoms with Crippen LogP contribution in [0.25, 0.3) is 10.9 Å². The zero-order valence-corrected chi connectivity index (χ0v) is 16.4. The number of amides is 1. The molecule has 0 atom stereocenters. The minimum Gasteiger partial charge on any atom is -0.367 e. The number of hydrogen-bond acceptors (Lipinski definition) is 6. The lowest BCUT2D eigenvalue weighted by atomic mass is 10.1. The summed E-state index contributed by atoms with van der Waals surface area (Å²) in [5.41, 5.74) is 1.99. The summed E-state index contributed by atoms with van der Waals surface area (Å²) in [7, 11) is 2.07. The van der Waals surface area contributed by atoms with Gasteiger partial charge in [-0.15, -0.1) is 0 Å². The normalized spacial score (nSPS) is 14.9. The molecule has 10 heteroatoms. The van der Waals surface area contributed by atoms with Gasteiger partial charge in [0.05, 0.1) is 21.8 Å². The van der Waals surface area contributed by atoms with E-state index in [-0.39, 0.29) is 11.4 Å². The first-order valence-corrected chi connectivity index (χ1v) is 9.47. The van der Waals surface area contributed by atoms with Crippen LogP contribution in [0, 0.1) is 10.1 Å². The number of carbonyl (C=O) groups excluding carboxylic acids is 1. The molecule has 0 unspecified atom stereocenters. The fourth-order valence-corrected chi connectivity index (χ4v) is 3.57. The summed E-state index contributed by atoms with van der Waals surface area (Å²) in [5.74, 6) is -0.464. The average Bonchev–Trinajstić information content (AvgIpc) is 3.12. The van der Waals surface area contributed by atoms with Crippen molar-refractivity contribution < 1.29 is 9.72 Å². The Morgan fingerprint density at radius 2 is 1.97 bits per heavy atom. The monoisotopic (exact) mass is 414 g/mol. The van der Waals surface area contributed by atoms with Gasteiger partial charge in [0.25, 0.3) is 11.6 Å². The first-order valence-electron chi connectivity index (χ1n) is 9.09. The second kappa shape index (κ2) is 7.69. The number of anilines is 2. The maximum atomic E-state index is 12.9. The number of nitrogens with zero attached hydrogens (tertiary/aromatic N) is 4. The zero-order valence-electron chi connectivity index (χ0n) is 15.7. The maximum Gasteiger partial charge on any atom is 0.276 e. The summed E-state index contributed by atoms with van der Waals surface area (Å²) < 4.78 is 0. The Labute approximate surface area is 171 Å². The molecule has 0 saturated carbocycles. The molecule has 3 aromatic rings. The van der Waals surface area contributed by atoms with E-state index >= 15 is 0 Å². The van der Waals surface area contributed by atoms with Crippen LogP contribution in [0.5, 0.6) is 0 Å². The zero-order chi connectivity index (χ0) is 20.5. The Bertz CT molecular complexity index is 1090. The molecule has 1 amide bonds. The number of carbonyl (C=O) groups is 1. The number of halogens is 1. The molecule has 1 aliphatic rings. The minimum atomic E-state index is -0.503. The SMILES string of the molecule is CN1CCN(c2ccc(Cl)cc2NC(=O)c2n[nH]c3ccc([N+](=O)[O-])cc23)CC1. The number of non-ortho nitro benzene ring substituents is 1. The fourth-order valence-electron chi connectivity index (χ4n) is 3.40. The highest BCUT2D eigenvalue weighted by Gasteiger charge is 2.21. The predicted octanol–water partition coefficient (Wildman–Crippen LogP) is 3.13. The van der Waals surface area contributed by atoms with Crippen molar-refractivity contribution in [2.45, 2.75) is 0 Å². The van der Waals surface area contributed by atoms with Gasteiger partial charge in [-0.05, 0) is 31.3 Å². The number of H-pyrrole nitrogens is 1. The Morgan fingerprint density at radius 1 is 1.21 bits per heavy atom. The minimum absolute atomic E-state index is 0.0907. The van der Waals surface area contributed by atoms with Crippen LogP contribution in [-0.4, -0.2) is 59.2 Å². The largest absolute Gasteiger partial charge is 0.367 e. The highest BCUT2D eigenvalue weighted by molar-refractivity contribution is 6.31. The van der Waals surface area contributed by atoms with E-state index in [2.05, 4.69) is 32.4 Å². The number of fused-ring (bicyclic) bond motifs is 1. The second-order valence-electron chi connectivity index (χ2n) is 6.97. The van der Waals surface area contributed by atoms with Gasteiger partial charge in [-0.3, -0.25) is 20.0 Å². The summed E-state index contributed by atoms with van der Waals surface area (Å²) in [5, 5.41) is 21.6. The van der Waals surface area contributed by atoms with Gasteiger partial charge in [0.2, 0.25) is 0 Å². The molecule has 0 bridgehead atoms. The molecule has 2 heterocycles. The van der Waals surface area contributed by atoms with Crippen molar-refractivity contribution in [1.82, 2.24) is 15.1 Å². The van der Waals surface area contributed by atoms with Crippen molar-refractivity contribution in [1.29, 1.82) is 0 Å². The Morgan fingerprint density at radius 3 is 2.69 bits per heavy atom. The number of nitrogens with one attached hydrogen (secondary N) is 2. The number of hydrogen-bond donors (Lipinski definition) is 2. The third kappa shape index (κ3) is 3.87. The predicted molar refractivity (Wildman–Crippen MR) is 112 cm³/mol. The van der Waals surface area contributed by atoms with E-state index in [1.165, 1.54) is 18.2 Å². The molecule has 150 valence electrons. The van der Waals surface area contributed by atoms with Gasteiger partial charge in [-0.25, -0.2) is 0 Å². The summed E-state index contributed by atoms with van der Waals surface area (Å²) in [6.45, 7) is 3.50. The van der Waals surface area contributed by atoms with Gasteiger partial charge in [-0.1, -0.05) is 11.6 Å². The number of likely N-dealkylation sites (N-methyl/N-ethyl adjacent to an activating group) is 1. The summed E-state index contributed by atoms with van der Waals surface area (Å²) >= 11 is 6.16. The van der Waals surface area contributed by atoms with E-state index in [1.807, 2.05) is 6.07 Å². The van der Waals surface area contributed by atoms with E-state index in [4.69, 9.17) is 11.6 Å². The van der Waals surface area contributed by atoms with Crippen LogP contribution < -0.4 is 10.2 Å². The quantitative estimate of drug-likeness (QED) is 0.501. The van der Waals surface area contributed by atoms with Crippen molar-refractivity contribution in [3.63, 3.8) is 0 Å². The molecule has 0 spiro atoms. The molecule has 29 heavy (non-hydrogen) atoms. The summed E-state index contributed by atoms with van der Waals surface area (Å²) in [4.78, 5) is 27.9. The third-order valence-corrected chi connectivity index (χ3v) is 5.26. The van der Waals surface area contributed by atoms with Crippen molar-refractivity contribution >= 4 is 45.5 Å². The number of nitro benzene ring substituents is 1. The standard InChI is InChI=1S/C19H19ClN6O3/c1-24-6-8-25(9-7-24)17-5-2-12(20)10-16(17)21-19(27)18-14-11-13(26(28)29)3-4-15(14)22-23-18/h2-5,10-11H,6-9H2,1H3,(H,21,27)(H,22,23).